The first kappa shape index (κ1) is 32.4. The van der Waals surface area contributed by atoms with Crippen molar-refractivity contribution in [2.24, 2.45) is 0 Å². The summed E-state index contributed by atoms with van der Waals surface area (Å²) in [6.45, 7) is 14.0. The molecule has 246 valence electrons. The average Bonchev–Trinajstić information content (AvgIpc) is 3.41. The lowest BCUT2D eigenvalue weighted by Gasteiger charge is -2.30. The molecular formula is C39H52N4O3. The maximum Gasteiger partial charge on any atom is 0.151 e. The van der Waals surface area contributed by atoms with E-state index in [-0.39, 0.29) is 17.6 Å². The highest BCUT2D eigenvalue weighted by Crippen LogP contribution is 2.38. The molecular weight excluding hydrogens is 572 g/mol. The second-order valence-corrected chi connectivity index (χ2v) is 14.4. The fourth-order valence-electron chi connectivity index (χ4n) is 6.52. The van der Waals surface area contributed by atoms with Crippen LogP contribution in [0.25, 0.3) is 22.4 Å². The average molecular weight is 625 g/mol. The number of nitrogens with zero attached hydrogens (tertiary/aromatic N) is 4. The first-order valence-electron chi connectivity index (χ1n) is 17.3. The fraction of sp³-hybridized carbons (Fsp3) is 0.513. The topological polar surface area (TPSA) is 52.0 Å². The predicted octanol–water partition coefficient (Wildman–Crippen LogP) is 8.54. The fourth-order valence-corrected chi connectivity index (χ4v) is 6.52. The van der Waals surface area contributed by atoms with Crippen LogP contribution in [-0.4, -0.2) is 71.8 Å². The molecule has 0 aliphatic carbocycles. The lowest BCUT2D eigenvalue weighted by Crippen LogP contribution is -2.36. The van der Waals surface area contributed by atoms with Crippen molar-refractivity contribution < 1.29 is 14.2 Å². The van der Waals surface area contributed by atoms with E-state index in [1.54, 1.807) is 0 Å². The van der Waals surface area contributed by atoms with E-state index in [0.29, 0.717) is 0 Å². The molecule has 0 atom stereocenters. The van der Waals surface area contributed by atoms with Gasteiger partial charge in [-0.3, -0.25) is 0 Å². The van der Waals surface area contributed by atoms with Crippen LogP contribution in [0.15, 0.2) is 60.7 Å². The van der Waals surface area contributed by atoms with Crippen molar-refractivity contribution in [3.05, 3.63) is 66.2 Å². The van der Waals surface area contributed by atoms with E-state index in [0.717, 1.165) is 117 Å². The van der Waals surface area contributed by atoms with Crippen LogP contribution in [0, 0.1) is 0 Å². The Bertz CT molecular complexity index is 1590. The Hall–Kier alpha value is -3.55. The minimum atomic E-state index is 0.101. The van der Waals surface area contributed by atoms with Gasteiger partial charge >= 0.3 is 0 Å². The second kappa shape index (κ2) is 14.1. The van der Waals surface area contributed by atoms with Crippen LogP contribution >= 0.6 is 0 Å². The van der Waals surface area contributed by atoms with E-state index < -0.39 is 0 Å². The van der Waals surface area contributed by atoms with Crippen molar-refractivity contribution in [3.8, 4) is 34.4 Å². The molecule has 1 aromatic heterocycles. The molecule has 2 aliphatic heterocycles. The Labute approximate surface area is 275 Å². The summed E-state index contributed by atoms with van der Waals surface area (Å²) in [5, 5.41) is 0. The number of imidazole rings is 1. The molecule has 0 radical (unpaired) electrons. The Morgan fingerprint density at radius 3 is 2.04 bits per heavy atom. The third-order valence-corrected chi connectivity index (χ3v) is 9.50. The number of ether oxygens (including phenoxy) is 3. The molecule has 0 spiro atoms. The molecule has 0 unspecified atom stereocenters. The molecule has 3 heterocycles. The number of hydrogen-bond acceptors (Lipinski definition) is 6. The maximum absolute atomic E-state index is 6.79. The van der Waals surface area contributed by atoms with E-state index in [2.05, 4.69) is 111 Å². The van der Waals surface area contributed by atoms with E-state index in [9.17, 15) is 0 Å². The normalized spacial score (nSPS) is 17.4. The Morgan fingerprint density at radius 2 is 1.41 bits per heavy atom. The third kappa shape index (κ3) is 7.69. The number of fused-ring (bicyclic) bond motifs is 1. The summed E-state index contributed by atoms with van der Waals surface area (Å²) in [6.07, 6.45) is 6.62. The van der Waals surface area contributed by atoms with Crippen LogP contribution < -0.4 is 14.2 Å². The van der Waals surface area contributed by atoms with Crippen LogP contribution in [0.2, 0.25) is 0 Å². The number of rotatable bonds is 10. The summed E-state index contributed by atoms with van der Waals surface area (Å²) in [5.41, 5.74) is 4.39. The van der Waals surface area contributed by atoms with E-state index in [1.165, 1.54) is 5.56 Å². The molecule has 6 rings (SSSR count). The minimum absolute atomic E-state index is 0.101. The standard InChI is InChI=1S/C39H52N4O3/c1-7-8-20-43-35-26-34(45-31-16-21-41(5)22-17-31)27-36(46-32-18-23-42(6)24-19-32)37(35)40-38(43)28-10-9-11-33(25-28)44-30-14-12-29(13-15-30)39(2,3)4/h9-15,25-27,31-32H,7-8,16-24H2,1-6H3. The summed E-state index contributed by atoms with van der Waals surface area (Å²) in [4.78, 5) is 10.1. The van der Waals surface area contributed by atoms with Crippen molar-refractivity contribution in [2.45, 2.75) is 90.4 Å². The molecule has 0 N–H and O–H groups in total. The van der Waals surface area contributed by atoms with Gasteiger partial charge in [-0.05, 0) is 81.4 Å². The van der Waals surface area contributed by atoms with Gasteiger partial charge in [-0.2, -0.15) is 0 Å². The van der Waals surface area contributed by atoms with Crippen molar-refractivity contribution in [3.63, 3.8) is 0 Å². The first-order valence-corrected chi connectivity index (χ1v) is 17.3. The molecule has 0 saturated carbocycles. The third-order valence-electron chi connectivity index (χ3n) is 9.50. The molecule has 2 aliphatic rings. The van der Waals surface area contributed by atoms with Gasteiger partial charge in [0.1, 0.15) is 40.8 Å². The second-order valence-electron chi connectivity index (χ2n) is 14.4. The van der Waals surface area contributed by atoms with Crippen LogP contribution in [0.5, 0.6) is 23.0 Å². The van der Waals surface area contributed by atoms with Crippen LogP contribution in [0.1, 0.15) is 71.8 Å². The summed E-state index contributed by atoms with van der Waals surface area (Å²) in [7, 11) is 4.37. The highest BCUT2D eigenvalue weighted by Gasteiger charge is 2.25. The zero-order chi connectivity index (χ0) is 32.3. The molecule has 0 amide bonds. The van der Waals surface area contributed by atoms with Gasteiger partial charge in [0.25, 0.3) is 0 Å². The van der Waals surface area contributed by atoms with Crippen LogP contribution in [-0.2, 0) is 12.0 Å². The van der Waals surface area contributed by atoms with E-state index in [4.69, 9.17) is 19.2 Å². The van der Waals surface area contributed by atoms with Crippen LogP contribution in [0.3, 0.4) is 0 Å². The van der Waals surface area contributed by atoms with Gasteiger partial charge in [-0.15, -0.1) is 0 Å². The van der Waals surface area contributed by atoms with Crippen molar-refractivity contribution in [2.75, 3.05) is 40.3 Å². The number of aromatic nitrogens is 2. The molecule has 2 saturated heterocycles. The number of piperidine rings is 2. The molecule has 2 fully saturated rings. The summed E-state index contributed by atoms with van der Waals surface area (Å²) >= 11 is 0. The highest BCUT2D eigenvalue weighted by atomic mass is 16.5. The molecule has 7 heteroatoms. The van der Waals surface area contributed by atoms with Gasteiger partial charge in [-0.1, -0.05) is 58.4 Å². The molecule has 7 nitrogen and oxygen atoms in total. The minimum Gasteiger partial charge on any atom is -0.490 e. The highest BCUT2D eigenvalue weighted by molar-refractivity contribution is 5.87. The first-order chi connectivity index (χ1) is 22.2. The van der Waals surface area contributed by atoms with Gasteiger partial charge in [-0.25, -0.2) is 4.98 Å². The number of likely N-dealkylation sites (tertiary alicyclic amines) is 2. The molecule has 4 aromatic rings. The van der Waals surface area contributed by atoms with Gasteiger partial charge < -0.3 is 28.6 Å². The number of aryl methyl sites for hydroxylation is 1. The Kier molecular flexibility index (Phi) is 9.90. The van der Waals surface area contributed by atoms with Crippen molar-refractivity contribution >= 4 is 11.0 Å². The van der Waals surface area contributed by atoms with Gasteiger partial charge in [0, 0.05) is 50.4 Å². The number of benzene rings is 3. The van der Waals surface area contributed by atoms with Crippen LogP contribution in [0.4, 0.5) is 0 Å². The summed E-state index contributed by atoms with van der Waals surface area (Å²) in [5.74, 6) is 4.27. The molecule has 0 bridgehead atoms. The lowest BCUT2D eigenvalue weighted by atomic mass is 9.87. The molecule has 3 aromatic carbocycles. The van der Waals surface area contributed by atoms with E-state index in [1.807, 2.05) is 6.07 Å². The predicted molar refractivity (Wildman–Crippen MR) is 188 cm³/mol. The maximum atomic E-state index is 6.79. The van der Waals surface area contributed by atoms with Crippen molar-refractivity contribution in [1.82, 2.24) is 19.4 Å². The van der Waals surface area contributed by atoms with Gasteiger partial charge in [0.05, 0.1) is 5.52 Å². The van der Waals surface area contributed by atoms with Gasteiger partial charge in [0.2, 0.25) is 0 Å². The quantitative estimate of drug-likeness (QED) is 0.176. The lowest BCUT2D eigenvalue weighted by molar-refractivity contribution is 0.108. The number of unbranched alkanes of at least 4 members (excludes halogenated alkanes) is 1. The summed E-state index contributed by atoms with van der Waals surface area (Å²) < 4.78 is 22.2. The summed E-state index contributed by atoms with van der Waals surface area (Å²) in [6, 6.07) is 21.0. The SMILES string of the molecule is CCCCn1c(-c2cccc(Oc3ccc(C(C)(C)C)cc3)c2)nc2c(OC3CCN(C)CC3)cc(OC3CCN(C)CC3)cc21. The monoisotopic (exact) mass is 624 g/mol. The zero-order valence-electron chi connectivity index (χ0n) is 28.7. The van der Waals surface area contributed by atoms with Gasteiger partial charge in [0.15, 0.2) is 5.75 Å². The largest absolute Gasteiger partial charge is 0.490 e. The Morgan fingerprint density at radius 1 is 0.761 bits per heavy atom. The molecule has 46 heavy (non-hydrogen) atoms. The van der Waals surface area contributed by atoms with E-state index >= 15 is 0 Å². The zero-order valence-corrected chi connectivity index (χ0v) is 28.7. The van der Waals surface area contributed by atoms with Crippen molar-refractivity contribution in [1.29, 1.82) is 0 Å². The Balaban J connectivity index is 1.36. The smallest absolute Gasteiger partial charge is 0.151 e. The number of hydrogen-bond donors (Lipinski definition) is 0.